The van der Waals surface area contributed by atoms with Crippen LogP contribution in [0.1, 0.15) is 19.3 Å². The van der Waals surface area contributed by atoms with Gasteiger partial charge >= 0.3 is 17.9 Å². The van der Waals surface area contributed by atoms with Gasteiger partial charge in [-0.25, -0.2) is 0 Å². The Bertz CT molecular complexity index is 202. The number of thiol groups is 3. The van der Waals surface area contributed by atoms with Crippen molar-refractivity contribution in [1.82, 2.24) is 0 Å². The molecule has 0 amide bonds. The number of rotatable bonds is 6. The first-order chi connectivity index (χ1) is 8.31. The normalized spacial score (nSPS) is 7.74. The van der Waals surface area contributed by atoms with Crippen LogP contribution in [0, 0.1) is 49.4 Å². The summed E-state index contributed by atoms with van der Waals surface area (Å²) in [6.45, 7) is 0. The van der Waals surface area contributed by atoms with Gasteiger partial charge in [-0.3, -0.25) is 14.4 Å². The third-order valence-corrected chi connectivity index (χ3v) is 1.65. The first-order valence-electron chi connectivity index (χ1n) is 4.79. The molecule has 10 heteroatoms. The maximum Gasteiger partial charge on any atom is 0.304 e. The molecule has 0 saturated carbocycles. The van der Waals surface area contributed by atoms with Crippen LogP contribution in [-0.2, 0) is 14.4 Å². The topological polar surface area (TPSA) is 112 Å². The van der Waals surface area contributed by atoms with E-state index in [2.05, 4.69) is 37.9 Å². The molecule has 0 heterocycles. The van der Waals surface area contributed by atoms with Gasteiger partial charge in [0.05, 0.1) is 19.3 Å². The second-order valence-electron chi connectivity index (χ2n) is 2.60. The Balaban J connectivity index is -0.0000000865. The van der Waals surface area contributed by atoms with E-state index in [4.69, 9.17) is 15.3 Å². The molecule has 0 atom stereocenters. The van der Waals surface area contributed by atoms with Crippen LogP contribution < -0.4 is 0 Å². The monoisotopic (exact) mass is 471 g/mol. The van der Waals surface area contributed by atoms with E-state index in [1.807, 2.05) is 0 Å². The van der Waals surface area contributed by atoms with Crippen molar-refractivity contribution in [3.63, 3.8) is 0 Å². The Morgan fingerprint density at radius 1 is 0.632 bits per heavy atom. The summed E-state index contributed by atoms with van der Waals surface area (Å²) in [7, 11) is 0. The number of carboxylic acid groups (broad SMARTS) is 3. The Labute approximate surface area is 169 Å². The van der Waals surface area contributed by atoms with Crippen LogP contribution in [-0.4, -0.2) is 50.5 Å². The van der Waals surface area contributed by atoms with Crippen LogP contribution in [0.5, 0.6) is 0 Å². The molecule has 0 fully saturated rings. The molecule has 3 N–H and O–H groups in total. The van der Waals surface area contributed by atoms with E-state index >= 15 is 0 Å². The zero-order chi connectivity index (χ0) is 15.0. The summed E-state index contributed by atoms with van der Waals surface area (Å²) in [6, 6.07) is 0. The standard InChI is InChI=1S/3C3H6O2S.Eu/c3*4-3(5)1-2-6;/h3*6H,1-2H2,(H,4,5);. The van der Waals surface area contributed by atoms with E-state index in [-0.39, 0.29) is 68.6 Å². The Hall–Kier alpha value is 1.04. The van der Waals surface area contributed by atoms with Crippen molar-refractivity contribution in [1.29, 1.82) is 0 Å². The van der Waals surface area contributed by atoms with E-state index in [0.29, 0.717) is 17.3 Å². The second-order valence-corrected chi connectivity index (χ2v) is 3.94. The van der Waals surface area contributed by atoms with E-state index < -0.39 is 17.9 Å². The summed E-state index contributed by atoms with van der Waals surface area (Å²) in [5, 5.41) is 23.6. The third-order valence-electron chi connectivity index (χ3n) is 0.977. The molecule has 0 saturated heterocycles. The van der Waals surface area contributed by atoms with Gasteiger partial charge in [0.25, 0.3) is 0 Å². The molecule has 19 heavy (non-hydrogen) atoms. The molecule has 0 aliphatic carbocycles. The summed E-state index contributed by atoms with van der Waals surface area (Å²) in [6.07, 6.45) is 0.468. The molecule has 0 aliphatic rings. The van der Waals surface area contributed by atoms with E-state index in [1.54, 1.807) is 0 Å². The predicted molar refractivity (Wildman–Crippen MR) is 78.3 cm³/mol. The van der Waals surface area contributed by atoms with Gasteiger partial charge in [-0.2, -0.15) is 37.9 Å². The van der Waals surface area contributed by atoms with Crippen molar-refractivity contribution < 1.29 is 79.1 Å². The fraction of sp³-hybridized carbons (Fsp3) is 0.667. The Kier molecular flexibility index (Phi) is 35.8. The molecule has 1 radical (unpaired) electrons. The van der Waals surface area contributed by atoms with Crippen LogP contribution in [0.15, 0.2) is 0 Å². The average Bonchev–Trinajstić information content (AvgIpc) is 2.18. The minimum atomic E-state index is -0.787. The number of hydrogen-bond donors (Lipinski definition) is 6. The Morgan fingerprint density at radius 3 is 0.789 bits per heavy atom. The molecule has 0 aromatic carbocycles. The van der Waals surface area contributed by atoms with Gasteiger partial charge in [-0.05, 0) is 0 Å². The molecule has 0 bridgehead atoms. The first-order valence-corrected chi connectivity index (χ1v) is 6.69. The molecular formula is C9H18EuO6S3. The van der Waals surface area contributed by atoms with Gasteiger partial charge in [0.1, 0.15) is 0 Å². The average molecular weight is 470 g/mol. The largest absolute Gasteiger partial charge is 0.481 e. The third kappa shape index (κ3) is 54.8. The van der Waals surface area contributed by atoms with Gasteiger partial charge in [0.2, 0.25) is 0 Å². The summed E-state index contributed by atoms with van der Waals surface area (Å²) < 4.78 is 0. The zero-order valence-electron chi connectivity index (χ0n) is 10.0. The summed E-state index contributed by atoms with van der Waals surface area (Å²) in [4.78, 5) is 28.7. The Morgan fingerprint density at radius 2 is 0.789 bits per heavy atom. The smallest absolute Gasteiger partial charge is 0.304 e. The summed E-state index contributed by atoms with van der Waals surface area (Å²) in [5.74, 6) is -1.08. The molecule has 0 aromatic heterocycles. The van der Waals surface area contributed by atoms with Crippen LogP contribution in [0.4, 0.5) is 0 Å². The van der Waals surface area contributed by atoms with Crippen LogP contribution in [0.25, 0.3) is 0 Å². The van der Waals surface area contributed by atoms with Crippen LogP contribution >= 0.6 is 37.9 Å². The molecule has 0 rings (SSSR count). The quantitative estimate of drug-likeness (QED) is 0.325. The molecule has 6 nitrogen and oxygen atoms in total. The van der Waals surface area contributed by atoms with E-state index in [9.17, 15) is 14.4 Å². The van der Waals surface area contributed by atoms with Crippen molar-refractivity contribution in [2.24, 2.45) is 0 Å². The minimum Gasteiger partial charge on any atom is -0.481 e. The van der Waals surface area contributed by atoms with Crippen molar-refractivity contribution in [2.45, 2.75) is 19.3 Å². The van der Waals surface area contributed by atoms with Gasteiger partial charge in [0.15, 0.2) is 0 Å². The van der Waals surface area contributed by atoms with Gasteiger partial charge in [0, 0.05) is 66.6 Å². The molecule has 0 unspecified atom stereocenters. The number of hydrogen-bond acceptors (Lipinski definition) is 6. The van der Waals surface area contributed by atoms with Crippen LogP contribution in [0.3, 0.4) is 0 Å². The van der Waals surface area contributed by atoms with E-state index in [0.717, 1.165) is 0 Å². The maximum absolute atomic E-state index is 9.55. The molecule has 0 aliphatic heterocycles. The van der Waals surface area contributed by atoms with E-state index in [1.165, 1.54) is 0 Å². The van der Waals surface area contributed by atoms with Crippen molar-refractivity contribution in [3.8, 4) is 0 Å². The van der Waals surface area contributed by atoms with Gasteiger partial charge in [-0.1, -0.05) is 0 Å². The van der Waals surface area contributed by atoms with Gasteiger partial charge in [-0.15, -0.1) is 0 Å². The van der Waals surface area contributed by atoms with Crippen molar-refractivity contribution in [2.75, 3.05) is 17.3 Å². The molecule has 0 spiro atoms. The first kappa shape index (κ1) is 28.2. The SMILES string of the molecule is O=C(O)CCS.O=C(O)CCS.O=C(O)CCS.[Eu]. The van der Waals surface area contributed by atoms with Crippen LogP contribution in [0.2, 0.25) is 0 Å². The molecule has 0 aromatic rings. The maximum atomic E-state index is 9.55. The fourth-order valence-corrected chi connectivity index (χ4v) is 0.861. The summed E-state index contributed by atoms with van der Waals surface area (Å²) >= 11 is 11.0. The second kappa shape index (κ2) is 24.1. The predicted octanol–water partition coefficient (Wildman–Crippen LogP) is 1.17. The number of carboxylic acids is 3. The fourth-order valence-electron chi connectivity index (χ4n) is 0.287. The number of carbonyl (C=O) groups is 3. The van der Waals surface area contributed by atoms with Crippen molar-refractivity contribution >= 4 is 55.8 Å². The van der Waals surface area contributed by atoms with Gasteiger partial charge < -0.3 is 15.3 Å². The molecule has 115 valence electrons. The summed E-state index contributed by atoms with van der Waals surface area (Å²) in [5.41, 5.74) is 0. The minimum absolute atomic E-state index is 0. The molecular weight excluding hydrogens is 452 g/mol. The zero-order valence-corrected chi connectivity index (χ0v) is 15.1. The van der Waals surface area contributed by atoms with Crippen molar-refractivity contribution in [3.05, 3.63) is 0 Å². The number of aliphatic carboxylic acids is 3.